The van der Waals surface area contributed by atoms with Gasteiger partial charge in [0.25, 0.3) is 0 Å². The molecule has 0 spiro atoms. The molecule has 5 nitrogen and oxygen atoms in total. The molecule has 0 aromatic heterocycles. The summed E-state index contributed by atoms with van der Waals surface area (Å²) in [7, 11) is 0. The van der Waals surface area contributed by atoms with Gasteiger partial charge in [-0.15, -0.1) is 0 Å². The van der Waals surface area contributed by atoms with Gasteiger partial charge in [0, 0.05) is 17.1 Å². The fourth-order valence-corrected chi connectivity index (χ4v) is 3.77. The van der Waals surface area contributed by atoms with Crippen LogP contribution >= 0.6 is 0 Å². The van der Waals surface area contributed by atoms with Crippen LogP contribution in [0.3, 0.4) is 0 Å². The van der Waals surface area contributed by atoms with Gasteiger partial charge < -0.3 is 24.6 Å². The molecule has 36 heavy (non-hydrogen) atoms. The van der Waals surface area contributed by atoms with Crippen molar-refractivity contribution in [3.05, 3.63) is 127 Å². The van der Waals surface area contributed by atoms with Crippen molar-refractivity contribution in [2.45, 2.75) is 6.92 Å². The Morgan fingerprint density at radius 3 is 1.03 bits per heavy atom. The molecule has 0 radical (unpaired) electrons. The van der Waals surface area contributed by atoms with Crippen molar-refractivity contribution in [3.63, 3.8) is 0 Å². The molecule has 0 bridgehead atoms. The van der Waals surface area contributed by atoms with Gasteiger partial charge >= 0.3 is 0 Å². The summed E-state index contributed by atoms with van der Waals surface area (Å²) in [4.78, 5) is 2.16. The predicted octanol–water partition coefficient (Wildman–Crippen LogP) is 8.46. The Hall–Kier alpha value is -4.90. The molecule has 0 amide bonds. The maximum absolute atomic E-state index is 9.48. The van der Waals surface area contributed by atoms with Gasteiger partial charge in [0.2, 0.25) is 0 Å². The van der Waals surface area contributed by atoms with Crippen LogP contribution in [0.4, 0.5) is 17.1 Å². The zero-order chi connectivity index (χ0) is 24.9. The molecule has 0 saturated carbocycles. The monoisotopic (exact) mass is 475 g/mol. The minimum absolute atomic E-state index is 0.200. The van der Waals surface area contributed by atoms with E-state index >= 15 is 0 Å². The summed E-state index contributed by atoms with van der Waals surface area (Å²) >= 11 is 0. The van der Waals surface area contributed by atoms with E-state index < -0.39 is 0 Å². The molecular formula is C31H25NO4. The van der Waals surface area contributed by atoms with Crippen LogP contribution < -0.4 is 14.4 Å². The predicted molar refractivity (Wildman–Crippen MR) is 142 cm³/mol. The number of rotatable bonds is 7. The molecule has 0 aliphatic rings. The van der Waals surface area contributed by atoms with Crippen LogP contribution in [-0.4, -0.2) is 10.2 Å². The quantitative estimate of drug-likeness (QED) is 0.247. The van der Waals surface area contributed by atoms with Gasteiger partial charge in [-0.05, 0) is 116 Å². The number of phenols is 2. The first kappa shape index (κ1) is 22.9. The van der Waals surface area contributed by atoms with E-state index in [1.807, 2.05) is 48.5 Å². The topological polar surface area (TPSA) is 62.2 Å². The fourth-order valence-electron chi connectivity index (χ4n) is 3.77. The van der Waals surface area contributed by atoms with Crippen LogP contribution in [0.25, 0.3) is 0 Å². The maximum atomic E-state index is 9.48. The average molecular weight is 476 g/mol. The number of aromatic hydroxyl groups is 2. The summed E-state index contributed by atoms with van der Waals surface area (Å²) in [6.07, 6.45) is 0. The number of aryl methyl sites for hydroxylation is 1. The smallest absolute Gasteiger partial charge is 0.127 e. The van der Waals surface area contributed by atoms with E-state index in [1.165, 1.54) is 5.56 Å². The minimum atomic E-state index is 0.200. The maximum Gasteiger partial charge on any atom is 0.127 e. The molecule has 0 heterocycles. The molecule has 0 saturated heterocycles. The highest BCUT2D eigenvalue weighted by Gasteiger charge is 2.13. The molecular weight excluding hydrogens is 450 g/mol. The SMILES string of the molecule is Cc1ccc(N(c2ccc(Oc3ccc(O)cc3)cc2)c2ccc(Oc3ccc(O)cc3)cc2)cc1. The Morgan fingerprint density at radius 2 is 0.694 bits per heavy atom. The van der Waals surface area contributed by atoms with Crippen molar-refractivity contribution in [1.29, 1.82) is 0 Å². The van der Waals surface area contributed by atoms with Crippen LogP contribution in [0.2, 0.25) is 0 Å². The lowest BCUT2D eigenvalue weighted by Gasteiger charge is -2.26. The average Bonchev–Trinajstić information content (AvgIpc) is 2.90. The number of hydrogen-bond donors (Lipinski definition) is 2. The second-order valence-corrected chi connectivity index (χ2v) is 8.35. The third kappa shape index (κ3) is 5.42. The Bertz CT molecular complexity index is 1320. The largest absolute Gasteiger partial charge is 0.508 e. The lowest BCUT2D eigenvalue weighted by atomic mass is 10.1. The van der Waals surface area contributed by atoms with Crippen LogP contribution in [-0.2, 0) is 0 Å². The van der Waals surface area contributed by atoms with Crippen molar-refractivity contribution < 1.29 is 19.7 Å². The van der Waals surface area contributed by atoms with Crippen LogP contribution in [0.1, 0.15) is 5.56 Å². The van der Waals surface area contributed by atoms with Crippen molar-refractivity contribution in [2.24, 2.45) is 0 Å². The zero-order valence-electron chi connectivity index (χ0n) is 19.7. The molecule has 0 aliphatic carbocycles. The molecule has 5 heteroatoms. The highest BCUT2D eigenvalue weighted by atomic mass is 16.5. The summed E-state index contributed by atoms with van der Waals surface area (Å²) in [5, 5.41) is 19.0. The highest BCUT2D eigenvalue weighted by molar-refractivity contribution is 5.77. The Kier molecular flexibility index (Phi) is 6.45. The first-order valence-corrected chi connectivity index (χ1v) is 11.5. The second kappa shape index (κ2) is 10.2. The van der Waals surface area contributed by atoms with E-state index in [-0.39, 0.29) is 11.5 Å². The molecule has 5 aromatic carbocycles. The molecule has 178 valence electrons. The zero-order valence-corrected chi connectivity index (χ0v) is 19.7. The third-order valence-electron chi connectivity index (χ3n) is 5.63. The van der Waals surface area contributed by atoms with E-state index in [0.29, 0.717) is 23.0 Å². The summed E-state index contributed by atoms with van der Waals surface area (Å²) in [5.74, 6) is 3.11. The van der Waals surface area contributed by atoms with Crippen molar-refractivity contribution >= 4 is 17.1 Å². The lowest BCUT2D eigenvalue weighted by Crippen LogP contribution is -2.09. The molecule has 0 fully saturated rings. The normalized spacial score (nSPS) is 10.6. The molecule has 0 atom stereocenters. The highest BCUT2D eigenvalue weighted by Crippen LogP contribution is 2.37. The van der Waals surface area contributed by atoms with Gasteiger partial charge in [-0.3, -0.25) is 0 Å². The molecule has 0 unspecified atom stereocenters. The standard InChI is InChI=1S/C31H25NO4/c1-22-2-4-23(5-3-22)32(24-6-14-28(15-7-24)35-30-18-10-26(33)11-19-30)25-8-16-29(17-9-25)36-31-20-12-27(34)13-21-31/h2-21,33-34H,1H3. The van der Waals surface area contributed by atoms with Crippen LogP contribution in [0, 0.1) is 6.92 Å². The van der Waals surface area contributed by atoms with Crippen LogP contribution in [0.5, 0.6) is 34.5 Å². The van der Waals surface area contributed by atoms with Crippen LogP contribution in [0.15, 0.2) is 121 Å². The Labute approximate surface area is 210 Å². The van der Waals surface area contributed by atoms with Crippen molar-refractivity contribution in [1.82, 2.24) is 0 Å². The summed E-state index contributed by atoms with van der Waals surface area (Å²) < 4.78 is 11.8. The third-order valence-corrected chi connectivity index (χ3v) is 5.63. The van der Waals surface area contributed by atoms with E-state index in [2.05, 4.69) is 36.1 Å². The fraction of sp³-hybridized carbons (Fsp3) is 0.0323. The lowest BCUT2D eigenvalue weighted by molar-refractivity contribution is 0.464. The first-order valence-electron chi connectivity index (χ1n) is 11.5. The van der Waals surface area contributed by atoms with Crippen molar-refractivity contribution in [3.8, 4) is 34.5 Å². The summed E-state index contributed by atoms with van der Waals surface area (Å²) in [6, 6.07) is 37.4. The van der Waals surface area contributed by atoms with E-state index in [4.69, 9.17) is 9.47 Å². The minimum Gasteiger partial charge on any atom is -0.508 e. The van der Waals surface area contributed by atoms with Gasteiger partial charge in [0.15, 0.2) is 0 Å². The molecule has 5 rings (SSSR count). The summed E-state index contributed by atoms with van der Waals surface area (Å²) in [6.45, 7) is 2.07. The number of nitrogens with zero attached hydrogens (tertiary/aromatic N) is 1. The van der Waals surface area contributed by atoms with Gasteiger partial charge in [0.05, 0.1) is 0 Å². The molecule has 0 aliphatic heterocycles. The number of phenolic OH excluding ortho intramolecular Hbond substituents is 2. The Balaban J connectivity index is 1.41. The number of hydrogen-bond acceptors (Lipinski definition) is 5. The second-order valence-electron chi connectivity index (χ2n) is 8.35. The van der Waals surface area contributed by atoms with Crippen molar-refractivity contribution in [2.75, 3.05) is 4.90 Å². The number of ether oxygens (including phenoxy) is 2. The van der Waals surface area contributed by atoms with Gasteiger partial charge in [-0.1, -0.05) is 17.7 Å². The molecule has 5 aromatic rings. The van der Waals surface area contributed by atoms with E-state index in [0.717, 1.165) is 17.1 Å². The van der Waals surface area contributed by atoms with E-state index in [9.17, 15) is 10.2 Å². The summed E-state index contributed by atoms with van der Waals surface area (Å²) in [5.41, 5.74) is 4.17. The molecule has 2 N–H and O–H groups in total. The van der Waals surface area contributed by atoms with E-state index in [1.54, 1.807) is 48.5 Å². The first-order chi connectivity index (χ1) is 17.5. The number of anilines is 3. The van der Waals surface area contributed by atoms with Gasteiger partial charge in [-0.25, -0.2) is 0 Å². The Morgan fingerprint density at radius 1 is 0.417 bits per heavy atom. The number of benzene rings is 5. The van der Waals surface area contributed by atoms with Gasteiger partial charge in [-0.2, -0.15) is 0 Å². The van der Waals surface area contributed by atoms with Gasteiger partial charge in [0.1, 0.15) is 34.5 Å².